The van der Waals surface area contributed by atoms with E-state index in [2.05, 4.69) is 0 Å². The van der Waals surface area contributed by atoms with Crippen LogP contribution in [0.25, 0.3) is 6.08 Å². The standard InChI is InChI=1S/C12H15FN2O2/c1-3-14(4-2)12-6-5-10(9-11(12)13)7-8-15(16)17/h5-9H,3-4H2,1-2H3/b8-7+. The third-order valence-corrected chi connectivity index (χ3v) is 2.46. The molecule has 1 aromatic rings. The van der Waals surface area contributed by atoms with Gasteiger partial charge in [-0.3, -0.25) is 10.1 Å². The van der Waals surface area contributed by atoms with E-state index in [0.29, 0.717) is 11.3 Å². The molecule has 0 radical (unpaired) electrons. The molecule has 0 aromatic heterocycles. The lowest BCUT2D eigenvalue weighted by Gasteiger charge is -2.21. The second kappa shape index (κ2) is 5.98. The SMILES string of the molecule is CCN(CC)c1ccc(/C=C/[N+](=O)[O-])cc1F. The maximum Gasteiger partial charge on any atom is 0.235 e. The van der Waals surface area contributed by atoms with Gasteiger partial charge in [-0.15, -0.1) is 0 Å². The first-order valence-corrected chi connectivity index (χ1v) is 5.44. The predicted octanol–water partition coefficient (Wildman–Crippen LogP) is 2.92. The molecule has 4 nitrogen and oxygen atoms in total. The predicted molar refractivity (Wildman–Crippen MR) is 66.0 cm³/mol. The number of halogens is 1. The molecule has 0 aliphatic heterocycles. The molecule has 0 spiro atoms. The van der Waals surface area contributed by atoms with Gasteiger partial charge >= 0.3 is 0 Å². The van der Waals surface area contributed by atoms with Crippen molar-refractivity contribution in [3.63, 3.8) is 0 Å². The lowest BCUT2D eigenvalue weighted by atomic mass is 10.2. The zero-order chi connectivity index (χ0) is 12.8. The molecule has 0 amide bonds. The van der Waals surface area contributed by atoms with Gasteiger partial charge in [0.2, 0.25) is 6.20 Å². The first-order chi connectivity index (χ1) is 8.08. The third kappa shape index (κ3) is 3.55. The molecule has 0 saturated heterocycles. The Hall–Kier alpha value is -1.91. The normalized spacial score (nSPS) is 10.8. The first-order valence-electron chi connectivity index (χ1n) is 5.44. The van der Waals surface area contributed by atoms with Gasteiger partial charge in [-0.2, -0.15) is 0 Å². The van der Waals surface area contributed by atoms with Gasteiger partial charge in [-0.05, 0) is 31.5 Å². The van der Waals surface area contributed by atoms with Gasteiger partial charge < -0.3 is 4.90 Å². The molecule has 0 unspecified atom stereocenters. The molecule has 0 heterocycles. The highest BCUT2D eigenvalue weighted by atomic mass is 19.1. The van der Waals surface area contributed by atoms with Crippen molar-refractivity contribution in [3.8, 4) is 0 Å². The Bertz CT molecular complexity index is 429. The molecule has 1 rings (SSSR count). The Labute approximate surface area is 99.5 Å². The summed E-state index contributed by atoms with van der Waals surface area (Å²) in [7, 11) is 0. The van der Waals surface area contributed by atoms with Crippen LogP contribution >= 0.6 is 0 Å². The zero-order valence-electron chi connectivity index (χ0n) is 9.89. The number of hydrogen-bond acceptors (Lipinski definition) is 3. The van der Waals surface area contributed by atoms with E-state index in [-0.39, 0.29) is 5.82 Å². The zero-order valence-corrected chi connectivity index (χ0v) is 9.89. The molecule has 92 valence electrons. The second-order valence-electron chi connectivity index (χ2n) is 3.48. The smallest absolute Gasteiger partial charge is 0.235 e. The number of nitro groups is 1. The van der Waals surface area contributed by atoms with Crippen LogP contribution in [0.15, 0.2) is 24.4 Å². The molecule has 1 aromatic carbocycles. The van der Waals surface area contributed by atoms with E-state index in [1.54, 1.807) is 12.1 Å². The highest BCUT2D eigenvalue weighted by molar-refractivity contribution is 5.56. The number of hydrogen-bond donors (Lipinski definition) is 0. The van der Waals surface area contributed by atoms with Crippen LogP contribution in [0.4, 0.5) is 10.1 Å². The van der Waals surface area contributed by atoms with E-state index in [1.165, 1.54) is 12.1 Å². The van der Waals surface area contributed by atoms with Crippen LogP contribution < -0.4 is 4.90 Å². The quantitative estimate of drug-likeness (QED) is 0.585. The van der Waals surface area contributed by atoms with Crippen molar-refractivity contribution in [1.82, 2.24) is 0 Å². The first kappa shape index (κ1) is 13.2. The molecule has 0 bridgehead atoms. The lowest BCUT2D eigenvalue weighted by Crippen LogP contribution is -2.22. The lowest BCUT2D eigenvalue weighted by molar-refractivity contribution is -0.400. The van der Waals surface area contributed by atoms with Crippen LogP contribution in [-0.2, 0) is 0 Å². The van der Waals surface area contributed by atoms with Crippen molar-refractivity contribution in [2.75, 3.05) is 18.0 Å². The Morgan fingerprint density at radius 2 is 2.06 bits per heavy atom. The van der Waals surface area contributed by atoms with Crippen molar-refractivity contribution in [2.24, 2.45) is 0 Å². The summed E-state index contributed by atoms with van der Waals surface area (Å²) < 4.78 is 13.8. The van der Waals surface area contributed by atoms with E-state index in [9.17, 15) is 14.5 Å². The average Bonchev–Trinajstić information content (AvgIpc) is 2.30. The van der Waals surface area contributed by atoms with E-state index < -0.39 is 4.92 Å². The topological polar surface area (TPSA) is 46.4 Å². The molecule has 0 fully saturated rings. The summed E-state index contributed by atoms with van der Waals surface area (Å²) >= 11 is 0. The highest BCUT2D eigenvalue weighted by Crippen LogP contribution is 2.20. The van der Waals surface area contributed by atoms with Crippen molar-refractivity contribution >= 4 is 11.8 Å². The third-order valence-electron chi connectivity index (χ3n) is 2.46. The summed E-state index contributed by atoms with van der Waals surface area (Å²) in [5.74, 6) is -0.362. The maximum absolute atomic E-state index is 13.8. The highest BCUT2D eigenvalue weighted by Gasteiger charge is 2.08. The summed E-state index contributed by atoms with van der Waals surface area (Å²) in [4.78, 5) is 11.5. The van der Waals surface area contributed by atoms with Crippen LogP contribution in [0, 0.1) is 15.9 Å². The number of anilines is 1. The Morgan fingerprint density at radius 3 is 2.53 bits per heavy atom. The maximum atomic E-state index is 13.8. The van der Waals surface area contributed by atoms with Crippen LogP contribution in [0.5, 0.6) is 0 Å². The van der Waals surface area contributed by atoms with Gasteiger partial charge in [0.1, 0.15) is 5.82 Å². The van der Waals surface area contributed by atoms with Crippen LogP contribution in [0.1, 0.15) is 19.4 Å². The van der Waals surface area contributed by atoms with Crippen LogP contribution in [0.2, 0.25) is 0 Å². The molecule has 5 heteroatoms. The summed E-state index contributed by atoms with van der Waals surface area (Å²) in [5.41, 5.74) is 1.00. The fourth-order valence-corrected chi connectivity index (χ4v) is 1.59. The minimum Gasteiger partial charge on any atom is -0.370 e. The fourth-order valence-electron chi connectivity index (χ4n) is 1.59. The van der Waals surface area contributed by atoms with Crippen LogP contribution in [-0.4, -0.2) is 18.0 Å². The molecule has 17 heavy (non-hydrogen) atoms. The molecule has 0 saturated carbocycles. The minimum atomic E-state index is -0.573. The molecular formula is C12H15FN2O2. The summed E-state index contributed by atoms with van der Waals surface area (Å²) in [6.45, 7) is 5.34. The van der Waals surface area contributed by atoms with Crippen molar-refractivity contribution in [1.29, 1.82) is 0 Å². The number of rotatable bonds is 5. The minimum absolute atomic E-state index is 0.362. The van der Waals surface area contributed by atoms with Crippen LogP contribution in [0.3, 0.4) is 0 Å². The average molecular weight is 238 g/mol. The van der Waals surface area contributed by atoms with Crippen molar-refractivity contribution < 1.29 is 9.31 Å². The Kier molecular flexibility index (Phi) is 4.63. The molecule has 0 atom stereocenters. The summed E-state index contributed by atoms with van der Waals surface area (Å²) in [6.07, 6.45) is 2.07. The van der Waals surface area contributed by atoms with Crippen molar-refractivity contribution in [2.45, 2.75) is 13.8 Å². The van der Waals surface area contributed by atoms with E-state index in [4.69, 9.17) is 0 Å². The summed E-state index contributed by atoms with van der Waals surface area (Å²) in [5, 5.41) is 10.1. The Morgan fingerprint density at radius 1 is 1.41 bits per heavy atom. The van der Waals surface area contributed by atoms with Gasteiger partial charge in [0, 0.05) is 19.2 Å². The molecule has 0 aliphatic rings. The largest absolute Gasteiger partial charge is 0.370 e. The molecule has 0 aliphatic carbocycles. The molecular weight excluding hydrogens is 223 g/mol. The number of benzene rings is 1. The monoisotopic (exact) mass is 238 g/mol. The van der Waals surface area contributed by atoms with Gasteiger partial charge in [0.15, 0.2) is 0 Å². The Balaban J connectivity index is 2.97. The van der Waals surface area contributed by atoms with Crippen molar-refractivity contribution in [3.05, 3.63) is 45.9 Å². The van der Waals surface area contributed by atoms with Gasteiger partial charge in [-0.1, -0.05) is 6.07 Å². The molecule has 0 N–H and O–H groups in total. The number of nitrogens with zero attached hydrogens (tertiary/aromatic N) is 2. The van der Waals surface area contributed by atoms with E-state index in [0.717, 1.165) is 19.3 Å². The van der Waals surface area contributed by atoms with Gasteiger partial charge in [0.25, 0.3) is 0 Å². The summed E-state index contributed by atoms with van der Waals surface area (Å²) in [6, 6.07) is 4.60. The fraction of sp³-hybridized carbons (Fsp3) is 0.333. The van der Waals surface area contributed by atoms with E-state index in [1.807, 2.05) is 18.7 Å². The van der Waals surface area contributed by atoms with E-state index >= 15 is 0 Å². The second-order valence-corrected chi connectivity index (χ2v) is 3.48. The van der Waals surface area contributed by atoms with Gasteiger partial charge in [-0.25, -0.2) is 4.39 Å². The van der Waals surface area contributed by atoms with Gasteiger partial charge in [0.05, 0.1) is 10.6 Å².